The molecular formula is C23H21N7O5. The molecule has 0 aliphatic rings. The van der Waals surface area contributed by atoms with Crippen molar-refractivity contribution in [1.29, 1.82) is 0 Å². The van der Waals surface area contributed by atoms with Gasteiger partial charge in [0.15, 0.2) is 22.7 Å². The molecule has 35 heavy (non-hydrogen) atoms. The van der Waals surface area contributed by atoms with Crippen LogP contribution in [0.3, 0.4) is 0 Å². The molecule has 3 heterocycles. The molecule has 5 aromatic rings. The van der Waals surface area contributed by atoms with E-state index in [0.29, 0.717) is 40.8 Å². The zero-order chi connectivity index (χ0) is 24.4. The van der Waals surface area contributed by atoms with Crippen molar-refractivity contribution >= 4 is 11.2 Å². The number of rotatable bonds is 8. The lowest BCUT2D eigenvalue weighted by molar-refractivity contribution is 0.340. The Balaban J connectivity index is 1.40. The van der Waals surface area contributed by atoms with E-state index in [1.54, 1.807) is 32.4 Å². The maximum atomic E-state index is 13.0. The molecule has 3 aromatic heterocycles. The van der Waals surface area contributed by atoms with E-state index < -0.39 is 0 Å². The smallest absolute Gasteiger partial charge is 0.284 e. The predicted octanol–water partition coefficient (Wildman–Crippen LogP) is 2.49. The molecule has 0 spiro atoms. The molecule has 12 heteroatoms. The van der Waals surface area contributed by atoms with E-state index in [2.05, 4.69) is 25.4 Å². The van der Waals surface area contributed by atoms with Gasteiger partial charge in [-0.15, -0.1) is 5.10 Å². The third-order valence-electron chi connectivity index (χ3n) is 5.24. The molecule has 0 atom stereocenters. The molecule has 12 nitrogen and oxygen atoms in total. The van der Waals surface area contributed by atoms with Crippen LogP contribution in [0.25, 0.3) is 28.2 Å². The SMILES string of the molecule is CCOc1ccc(-n2nnc3c(=O)n(Cc4nc(-c5ccc(OC)c(OC)c5)no4)cnc32)cc1. The Bertz CT molecular complexity index is 1540. The Kier molecular flexibility index (Phi) is 5.83. The van der Waals surface area contributed by atoms with Crippen molar-refractivity contribution in [2.45, 2.75) is 13.5 Å². The van der Waals surface area contributed by atoms with Gasteiger partial charge in [-0.05, 0) is 49.4 Å². The first-order valence-electron chi connectivity index (χ1n) is 10.7. The van der Waals surface area contributed by atoms with Crippen molar-refractivity contribution < 1.29 is 18.7 Å². The zero-order valence-electron chi connectivity index (χ0n) is 19.2. The molecule has 0 fully saturated rings. The molecule has 0 aliphatic carbocycles. The summed E-state index contributed by atoms with van der Waals surface area (Å²) >= 11 is 0. The van der Waals surface area contributed by atoms with Gasteiger partial charge in [0.25, 0.3) is 5.56 Å². The van der Waals surface area contributed by atoms with Gasteiger partial charge in [0.2, 0.25) is 11.7 Å². The van der Waals surface area contributed by atoms with E-state index >= 15 is 0 Å². The summed E-state index contributed by atoms with van der Waals surface area (Å²) in [6, 6.07) is 12.6. The number of ether oxygens (including phenoxy) is 3. The molecule has 0 radical (unpaired) electrons. The van der Waals surface area contributed by atoms with Crippen LogP contribution in [-0.2, 0) is 6.54 Å². The zero-order valence-corrected chi connectivity index (χ0v) is 19.2. The van der Waals surface area contributed by atoms with Crippen LogP contribution in [0.1, 0.15) is 12.8 Å². The standard InChI is InChI=1S/C23H21N7O5/c1-4-34-16-8-6-15(7-9-16)30-22-20(26-28-30)23(31)29(13-24-22)12-19-25-21(27-35-19)14-5-10-17(32-2)18(11-14)33-3/h5-11,13H,4,12H2,1-3H3. The lowest BCUT2D eigenvalue weighted by atomic mass is 10.2. The van der Waals surface area contributed by atoms with E-state index in [1.807, 2.05) is 31.2 Å². The summed E-state index contributed by atoms with van der Waals surface area (Å²) in [4.78, 5) is 21.8. The second-order valence-corrected chi connectivity index (χ2v) is 7.36. The molecule has 0 N–H and O–H groups in total. The topological polar surface area (TPSA) is 132 Å². The average molecular weight is 475 g/mol. The lowest BCUT2D eigenvalue weighted by Crippen LogP contribution is -2.21. The average Bonchev–Trinajstić information content (AvgIpc) is 3.54. The molecule has 5 rings (SSSR count). The number of benzene rings is 2. The molecule has 0 aliphatic heterocycles. The number of methoxy groups -OCH3 is 2. The Labute approximate surface area is 198 Å². The van der Waals surface area contributed by atoms with Crippen LogP contribution < -0.4 is 19.8 Å². The third kappa shape index (κ3) is 4.16. The van der Waals surface area contributed by atoms with Crippen LogP contribution in [0.4, 0.5) is 0 Å². The summed E-state index contributed by atoms with van der Waals surface area (Å²) < 4.78 is 24.2. The Hall–Kier alpha value is -4.74. The highest BCUT2D eigenvalue weighted by atomic mass is 16.5. The van der Waals surface area contributed by atoms with E-state index in [4.69, 9.17) is 18.7 Å². The largest absolute Gasteiger partial charge is 0.494 e. The van der Waals surface area contributed by atoms with Gasteiger partial charge in [0.1, 0.15) is 18.6 Å². The van der Waals surface area contributed by atoms with Crippen molar-refractivity contribution in [2.24, 2.45) is 0 Å². The van der Waals surface area contributed by atoms with Crippen molar-refractivity contribution in [3.63, 3.8) is 0 Å². The van der Waals surface area contributed by atoms with E-state index in [1.165, 1.54) is 15.6 Å². The predicted molar refractivity (Wildman–Crippen MR) is 124 cm³/mol. The fourth-order valence-electron chi connectivity index (χ4n) is 3.54. The minimum atomic E-state index is -0.377. The number of nitrogens with zero attached hydrogens (tertiary/aromatic N) is 7. The van der Waals surface area contributed by atoms with Gasteiger partial charge in [0.05, 0.1) is 26.5 Å². The van der Waals surface area contributed by atoms with Crippen LogP contribution in [0.15, 0.2) is 58.1 Å². The Morgan fingerprint density at radius 2 is 1.83 bits per heavy atom. The second kappa shape index (κ2) is 9.25. The molecule has 0 saturated heterocycles. The lowest BCUT2D eigenvalue weighted by Gasteiger charge is -2.07. The highest BCUT2D eigenvalue weighted by Gasteiger charge is 2.16. The van der Waals surface area contributed by atoms with Crippen LogP contribution in [-0.4, -0.2) is 55.5 Å². The number of aromatic nitrogens is 7. The first-order valence-corrected chi connectivity index (χ1v) is 10.7. The molecule has 0 saturated carbocycles. The first kappa shape index (κ1) is 22.1. The molecule has 178 valence electrons. The van der Waals surface area contributed by atoms with Gasteiger partial charge < -0.3 is 18.7 Å². The monoisotopic (exact) mass is 475 g/mol. The third-order valence-corrected chi connectivity index (χ3v) is 5.24. The summed E-state index contributed by atoms with van der Waals surface area (Å²) in [5.41, 5.74) is 1.47. The summed E-state index contributed by atoms with van der Waals surface area (Å²) in [5.74, 6) is 2.45. The fourth-order valence-corrected chi connectivity index (χ4v) is 3.54. The van der Waals surface area contributed by atoms with E-state index in [-0.39, 0.29) is 23.5 Å². The van der Waals surface area contributed by atoms with Gasteiger partial charge >= 0.3 is 0 Å². The van der Waals surface area contributed by atoms with Gasteiger partial charge in [-0.25, -0.2) is 4.98 Å². The van der Waals surface area contributed by atoms with E-state index in [9.17, 15) is 4.79 Å². The number of hydrogen-bond acceptors (Lipinski definition) is 10. The van der Waals surface area contributed by atoms with Gasteiger partial charge in [-0.3, -0.25) is 9.36 Å². The molecular weight excluding hydrogens is 454 g/mol. The van der Waals surface area contributed by atoms with E-state index in [0.717, 1.165) is 5.75 Å². The summed E-state index contributed by atoms with van der Waals surface area (Å²) in [5, 5.41) is 12.1. The van der Waals surface area contributed by atoms with Crippen LogP contribution in [0, 0.1) is 0 Å². The highest BCUT2D eigenvalue weighted by Crippen LogP contribution is 2.31. The molecule has 0 unspecified atom stereocenters. The minimum Gasteiger partial charge on any atom is -0.494 e. The van der Waals surface area contributed by atoms with Crippen LogP contribution in [0.2, 0.25) is 0 Å². The quantitative estimate of drug-likeness (QED) is 0.330. The molecule has 0 bridgehead atoms. The molecule has 0 amide bonds. The minimum absolute atomic E-state index is 0.0258. The van der Waals surface area contributed by atoms with Crippen molar-refractivity contribution in [3.05, 3.63) is 65.0 Å². The van der Waals surface area contributed by atoms with Gasteiger partial charge in [-0.1, -0.05) is 10.4 Å². The molecule has 2 aromatic carbocycles. The van der Waals surface area contributed by atoms with Gasteiger partial charge in [-0.2, -0.15) is 9.67 Å². The summed E-state index contributed by atoms with van der Waals surface area (Å²) in [6.45, 7) is 2.51. The second-order valence-electron chi connectivity index (χ2n) is 7.36. The fraction of sp³-hybridized carbons (Fsp3) is 0.217. The van der Waals surface area contributed by atoms with Gasteiger partial charge in [0, 0.05) is 5.56 Å². The maximum Gasteiger partial charge on any atom is 0.284 e. The van der Waals surface area contributed by atoms with Crippen LogP contribution in [0.5, 0.6) is 17.2 Å². The number of fused-ring (bicyclic) bond motifs is 1. The summed E-state index contributed by atoms with van der Waals surface area (Å²) in [7, 11) is 3.11. The highest BCUT2D eigenvalue weighted by molar-refractivity contribution is 5.70. The Morgan fingerprint density at radius 1 is 1.03 bits per heavy atom. The Morgan fingerprint density at radius 3 is 2.57 bits per heavy atom. The number of hydrogen-bond donors (Lipinski definition) is 0. The maximum absolute atomic E-state index is 13.0. The van der Waals surface area contributed by atoms with Crippen molar-refractivity contribution in [3.8, 4) is 34.3 Å². The van der Waals surface area contributed by atoms with Crippen LogP contribution >= 0.6 is 0 Å². The normalized spacial score (nSPS) is 11.1. The van der Waals surface area contributed by atoms with Crippen molar-refractivity contribution in [2.75, 3.05) is 20.8 Å². The first-order chi connectivity index (χ1) is 17.1. The van der Waals surface area contributed by atoms with Crippen molar-refractivity contribution in [1.82, 2.24) is 34.7 Å². The summed E-state index contributed by atoms with van der Waals surface area (Å²) in [6.07, 6.45) is 1.40.